The minimum atomic E-state index is -3.69. The average Bonchev–Trinajstić information content (AvgIpc) is 4.27. The summed E-state index contributed by atoms with van der Waals surface area (Å²) in [6.07, 6.45) is 0. The summed E-state index contributed by atoms with van der Waals surface area (Å²) in [5, 5.41) is 8.54. The summed E-state index contributed by atoms with van der Waals surface area (Å²) < 4.78 is 45.5. The van der Waals surface area contributed by atoms with Crippen molar-refractivity contribution in [2.75, 3.05) is 0 Å². The molecule has 0 saturated carbocycles. The molecule has 14 aromatic rings. The van der Waals surface area contributed by atoms with E-state index >= 15 is 9.13 Å². The van der Waals surface area contributed by atoms with Crippen LogP contribution in [0.5, 0.6) is 11.5 Å². The van der Waals surface area contributed by atoms with Crippen molar-refractivity contribution in [3.05, 3.63) is 303 Å². The number of rotatable bonds is 12. The molecule has 0 N–H and O–H groups in total. The predicted octanol–water partition coefficient (Wildman–Crippen LogP) is 16.3. The van der Waals surface area contributed by atoms with E-state index in [2.05, 4.69) is 155 Å². The molecule has 0 unspecified atom stereocenters. The Bertz CT molecular complexity index is 4180. The zero-order chi connectivity index (χ0) is 52.9. The summed E-state index contributed by atoms with van der Waals surface area (Å²) in [5.41, 5.74) is 10.3. The van der Waals surface area contributed by atoms with Crippen molar-refractivity contribution in [3.63, 3.8) is 0 Å². The van der Waals surface area contributed by atoms with Crippen LogP contribution in [0, 0.1) is 0 Å². The van der Waals surface area contributed by atoms with Crippen molar-refractivity contribution in [3.8, 4) is 45.1 Å². The number of para-hydroxylation sites is 4. The van der Waals surface area contributed by atoms with Crippen LogP contribution in [-0.4, -0.2) is 9.13 Å². The Balaban J connectivity index is 0.938. The lowest BCUT2D eigenvalue weighted by molar-refractivity contribution is 0.489. The molecule has 376 valence electrons. The Morgan fingerprint density at radius 1 is 0.253 bits per heavy atom. The first-order valence-corrected chi connectivity index (χ1v) is 29.9. The van der Waals surface area contributed by atoms with E-state index in [1.807, 2.05) is 158 Å². The second kappa shape index (κ2) is 19.8. The summed E-state index contributed by atoms with van der Waals surface area (Å²) in [7, 11) is -7.38. The molecule has 0 saturated heterocycles. The van der Waals surface area contributed by atoms with Crippen molar-refractivity contribution < 1.29 is 13.9 Å². The summed E-state index contributed by atoms with van der Waals surface area (Å²) >= 11 is 0. The highest BCUT2D eigenvalue weighted by molar-refractivity contribution is 7.86. The molecule has 79 heavy (non-hydrogen) atoms. The smallest absolute Gasteiger partial charge is 0.174 e. The Morgan fingerprint density at radius 2 is 0.506 bits per heavy atom. The molecule has 0 spiro atoms. The lowest BCUT2D eigenvalue weighted by Crippen LogP contribution is -2.28. The van der Waals surface area contributed by atoms with Gasteiger partial charge in [0.2, 0.25) is 0 Å². The number of fused-ring (bicyclic) bond motifs is 6. The van der Waals surface area contributed by atoms with Crippen molar-refractivity contribution in [1.29, 1.82) is 0 Å². The molecule has 0 amide bonds. The van der Waals surface area contributed by atoms with E-state index in [1.165, 1.54) is 21.5 Å². The van der Waals surface area contributed by atoms with Gasteiger partial charge in [-0.1, -0.05) is 231 Å². The first-order chi connectivity index (χ1) is 38.9. The van der Waals surface area contributed by atoms with Crippen molar-refractivity contribution in [2.24, 2.45) is 0 Å². The molecule has 0 aliphatic carbocycles. The third-order valence-corrected chi connectivity index (χ3v) is 21.5. The topological polar surface area (TPSA) is 53.2 Å². The molecule has 0 atom stereocenters. The molecule has 0 bridgehead atoms. The van der Waals surface area contributed by atoms with E-state index < -0.39 is 14.3 Å². The standard InChI is InChI=1S/C72H50N2O3P2/c75-78(57-21-5-1-6-22-57,58-23-7-2-8-24-58)71-49-53(51-37-43-55(44-38-51)73-65-33-17-13-29-61(65)62-30-14-18-34-66(62)73)41-47-69(71)77-70-48-42-54(50-72(70)79(76,59-25-9-3-10-26-59)60-27-11-4-12-28-60)52-39-45-56(46-40-52)74-67-35-19-15-31-63(67)64-32-16-20-36-68(64)74/h1-50H. The Hall–Kier alpha value is -9.50. The van der Waals surface area contributed by atoms with Crippen molar-refractivity contribution in [2.45, 2.75) is 0 Å². The van der Waals surface area contributed by atoms with Crippen LogP contribution in [0.1, 0.15) is 0 Å². The molecule has 7 heteroatoms. The molecule has 2 aromatic heterocycles. The van der Waals surface area contributed by atoms with E-state index in [4.69, 9.17) is 4.74 Å². The van der Waals surface area contributed by atoms with Gasteiger partial charge in [0, 0.05) is 54.1 Å². The Morgan fingerprint density at radius 3 is 0.797 bits per heavy atom. The van der Waals surface area contributed by atoms with Crippen LogP contribution in [0.2, 0.25) is 0 Å². The number of hydrogen-bond donors (Lipinski definition) is 0. The van der Waals surface area contributed by atoms with Gasteiger partial charge in [0.25, 0.3) is 0 Å². The molecular formula is C72H50N2O3P2. The van der Waals surface area contributed by atoms with Crippen LogP contribution in [-0.2, 0) is 9.13 Å². The summed E-state index contributed by atoms with van der Waals surface area (Å²) in [6.45, 7) is 0. The zero-order valence-electron chi connectivity index (χ0n) is 42.9. The van der Waals surface area contributed by atoms with Gasteiger partial charge >= 0.3 is 0 Å². The van der Waals surface area contributed by atoms with Crippen LogP contribution >= 0.6 is 14.3 Å². The van der Waals surface area contributed by atoms with E-state index in [9.17, 15) is 0 Å². The van der Waals surface area contributed by atoms with Crippen LogP contribution in [0.4, 0.5) is 0 Å². The molecule has 0 aliphatic rings. The highest BCUT2D eigenvalue weighted by Gasteiger charge is 2.37. The summed E-state index contributed by atoms with van der Waals surface area (Å²) in [4.78, 5) is 0. The fraction of sp³-hybridized carbons (Fsp3) is 0. The van der Waals surface area contributed by atoms with Gasteiger partial charge in [-0.15, -0.1) is 0 Å². The van der Waals surface area contributed by atoms with Gasteiger partial charge < -0.3 is 23.0 Å². The molecule has 14 rings (SSSR count). The summed E-state index contributed by atoms with van der Waals surface area (Å²) in [5.74, 6) is 0.804. The third-order valence-electron chi connectivity index (χ3n) is 15.4. The van der Waals surface area contributed by atoms with E-state index in [1.54, 1.807) is 0 Å². The lowest BCUT2D eigenvalue weighted by Gasteiger charge is -2.26. The van der Waals surface area contributed by atoms with Crippen LogP contribution in [0.3, 0.4) is 0 Å². The minimum absolute atomic E-state index is 0.402. The second-order valence-corrected chi connectivity index (χ2v) is 25.3. The number of nitrogens with zero attached hydrogens (tertiary/aromatic N) is 2. The van der Waals surface area contributed by atoms with E-state index in [0.717, 1.165) is 55.7 Å². The normalized spacial score (nSPS) is 11.9. The first kappa shape index (κ1) is 47.9. The van der Waals surface area contributed by atoms with Gasteiger partial charge in [-0.2, -0.15) is 0 Å². The Kier molecular flexibility index (Phi) is 12.0. The Labute approximate surface area is 458 Å². The minimum Gasteiger partial charge on any atom is -0.456 e. The summed E-state index contributed by atoms with van der Waals surface area (Å²) in [6, 6.07) is 102. The predicted molar refractivity (Wildman–Crippen MR) is 331 cm³/mol. The number of hydrogen-bond acceptors (Lipinski definition) is 3. The highest BCUT2D eigenvalue weighted by atomic mass is 31.2. The maximum Gasteiger partial charge on any atom is 0.174 e. The molecule has 0 aliphatic heterocycles. The SMILES string of the molecule is O=P(c1ccccc1)(c1ccccc1)c1cc(-c2ccc(-n3c4ccccc4c4ccccc43)cc2)ccc1Oc1ccc(-c2ccc(-n3c4ccccc4c4ccccc43)cc2)cc1P(=O)(c1ccccc1)c1ccccc1. The molecule has 0 fully saturated rings. The van der Waals surface area contributed by atoms with Crippen molar-refractivity contribution in [1.82, 2.24) is 9.13 Å². The van der Waals surface area contributed by atoms with Crippen LogP contribution < -0.4 is 36.6 Å². The quantitative estimate of drug-likeness (QED) is 0.115. The lowest BCUT2D eigenvalue weighted by atomic mass is 10.0. The number of ether oxygens (including phenoxy) is 1. The van der Waals surface area contributed by atoms with Crippen LogP contribution in [0.15, 0.2) is 303 Å². The largest absolute Gasteiger partial charge is 0.456 e. The first-order valence-electron chi connectivity index (χ1n) is 26.5. The third kappa shape index (κ3) is 8.17. The van der Waals surface area contributed by atoms with Gasteiger partial charge in [0.15, 0.2) is 14.3 Å². The van der Waals surface area contributed by atoms with Gasteiger partial charge in [0.1, 0.15) is 11.5 Å². The maximum atomic E-state index is 16.8. The van der Waals surface area contributed by atoms with E-state index in [-0.39, 0.29) is 0 Å². The fourth-order valence-electron chi connectivity index (χ4n) is 11.6. The molecule has 2 heterocycles. The monoisotopic (exact) mass is 1050 g/mol. The van der Waals surface area contributed by atoms with Crippen molar-refractivity contribution >= 4 is 89.7 Å². The number of benzene rings is 12. The van der Waals surface area contributed by atoms with Crippen LogP contribution in [0.25, 0.3) is 77.2 Å². The highest BCUT2D eigenvalue weighted by Crippen LogP contribution is 2.50. The molecule has 5 nitrogen and oxygen atoms in total. The van der Waals surface area contributed by atoms with Gasteiger partial charge in [0.05, 0.1) is 32.7 Å². The average molecular weight is 1050 g/mol. The maximum absolute atomic E-state index is 16.8. The fourth-order valence-corrected chi connectivity index (χ4v) is 17.2. The van der Waals surface area contributed by atoms with Gasteiger partial charge in [-0.3, -0.25) is 0 Å². The molecule has 12 aromatic carbocycles. The van der Waals surface area contributed by atoms with E-state index in [0.29, 0.717) is 43.3 Å². The molecular weight excluding hydrogens is 1000 g/mol. The second-order valence-electron chi connectivity index (χ2n) is 19.9. The molecule has 0 radical (unpaired) electrons. The van der Waals surface area contributed by atoms with Gasteiger partial charge in [-0.25, -0.2) is 0 Å². The van der Waals surface area contributed by atoms with Gasteiger partial charge in [-0.05, 0) is 95.1 Å². The zero-order valence-corrected chi connectivity index (χ0v) is 44.7. The number of aromatic nitrogens is 2.